The van der Waals surface area contributed by atoms with Gasteiger partial charge in [-0.3, -0.25) is 15.5 Å². The van der Waals surface area contributed by atoms with Crippen LogP contribution < -0.4 is 16.2 Å². The van der Waals surface area contributed by atoms with Crippen LogP contribution in [-0.4, -0.2) is 39.7 Å². The van der Waals surface area contributed by atoms with Gasteiger partial charge in [0.15, 0.2) is 0 Å². The van der Waals surface area contributed by atoms with Gasteiger partial charge in [0.05, 0.1) is 11.0 Å². The van der Waals surface area contributed by atoms with E-state index in [9.17, 15) is 10.1 Å². The first kappa shape index (κ1) is 16.4. The topological polar surface area (TPSA) is 114 Å². The maximum absolute atomic E-state index is 11.3. The van der Waals surface area contributed by atoms with Crippen molar-refractivity contribution in [2.24, 2.45) is 0 Å². The molecule has 2 rings (SSSR count). The van der Waals surface area contributed by atoms with Gasteiger partial charge in [-0.05, 0) is 33.6 Å². The van der Waals surface area contributed by atoms with Gasteiger partial charge >= 0.3 is 5.69 Å². The third kappa shape index (κ3) is 4.50. The van der Waals surface area contributed by atoms with Crippen LogP contribution in [0.4, 0.5) is 17.3 Å². The number of hydrogen-bond donors (Lipinski definition) is 3. The van der Waals surface area contributed by atoms with Gasteiger partial charge in [0, 0.05) is 18.7 Å². The molecule has 0 aromatic carbocycles. The summed E-state index contributed by atoms with van der Waals surface area (Å²) in [6, 6.07) is 0. The van der Waals surface area contributed by atoms with E-state index in [-0.39, 0.29) is 29.0 Å². The molecule has 9 heteroatoms. The van der Waals surface area contributed by atoms with Crippen LogP contribution in [0.25, 0.3) is 0 Å². The van der Waals surface area contributed by atoms with Crippen LogP contribution in [0.5, 0.6) is 0 Å². The van der Waals surface area contributed by atoms with Gasteiger partial charge in [0.2, 0.25) is 11.6 Å². The van der Waals surface area contributed by atoms with E-state index in [1.54, 1.807) is 0 Å². The minimum atomic E-state index is -0.496. The van der Waals surface area contributed by atoms with Crippen LogP contribution >= 0.6 is 0 Å². The van der Waals surface area contributed by atoms with Crippen molar-refractivity contribution in [2.75, 3.05) is 23.9 Å². The summed E-state index contributed by atoms with van der Waals surface area (Å²) in [5.41, 5.74) is 5.31. The molecule has 2 heterocycles. The van der Waals surface area contributed by atoms with Crippen LogP contribution in [0.15, 0.2) is 6.33 Å². The summed E-state index contributed by atoms with van der Waals surface area (Å²) in [4.78, 5) is 18.8. The van der Waals surface area contributed by atoms with Crippen molar-refractivity contribution in [3.8, 4) is 0 Å². The van der Waals surface area contributed by atoms with Crippen LogP contribution in [0.2, 0.25) is 0 Å². The second-order valence-electron chi connectivity index (χ2n) is 6.19. The van der Waals surface area contributed by atoms with E-state index in [2.05, 4.69) is 26.1 Å². The number of nitrogens with one attached hydrogen (secondary N) is 3. The molecule has 3 N–H and O–H groups in total. The molecule has 0 saturated carbocycles. The van der Waals surface area contributed by atoms with Gasteiger partial charge in [-0.1, -0.05) is 0 Å². The molecule has 0 aliphatic carbocycles. The molecule has 22 heavy (non-hydrogen) atoms. The number of hydrazine groups is 1. The maximum atomic E-state index is 11.3. The summed E-state index contributed by atoms with van der Waals surface area (Å²) in [6.07, 6.45) is 3.32. The Morgan fingerprint density at radius 3 is 2.73 bits per heavy atom. The molecule has 1 unspecified atom stereocenters. The molecule has 1 aromatic rings. The lowest BCUT2D eigenvalue weighted by Gasteiger charge is -2.21. The van der Waals surface area contributed by atoms with Crippen molar-refractivity contribution >= 4 is 17.3 Å². The normalized spacial score (nSPS) is 18.2. The van der Waals surface area contributed by atoms with Gasteiger partial charge < -0.3 is 10.1 Å². The van der Waals surface area contributed by atoms with Crippen molar-refractivity contribution in [3.05, 3.63) is 16.4 Å². The van der Waals surface area contributed by atoms with Gasteiger partial charge in [-0.15, -0.1) is 0 Å². The first-order valence-electron chi connectivity index (χ1n) is 7.25. The van der Waals surface area contributed by atoms with E-state index in [4.69, 9.17) is 4.74 Å². The first-order valence-corrected chi connectivity index (χ1v) is 7.25. The zero-order chi connectivity index (χ0) is 16.2. The molecular weight excluding hydrogens is 288 g/mol. The number of nitrogens with zero attached hydrogens (tertiary/aromatic N) is 3. The zero-order valence-corrected chi connectivity index (χ0v) is 13.0. The number of ether oxygens (including phenoxy) is 1. The highest BCUT2D eigenvalue weighted by molar-refractivity contribution is 5.68. The average molecular weight is 310 g/mol. The number of aromatic nitrogens is 2. The van der Waals surface area contributed by atoms with E-state index in [1.807, 2.05) is 20.8 Å². The van der Waals surface area contributed by atoms with Crippen molar-refractivity contribution < 1.29 is 9.66 Å². The third-order valence-corrected chi connectivity index (χ3v) is 3.08. The molecule has 0 radical (unpaired) electrons. The Morgan fingerprint density at radius 1 is 1.41 bits per heavy atom. The quantitative estimate of drug-likeness (QED) is 0.537. The van der Waals surface area contributed by atoms with Gasteiger partial charge in [0.1, 0.15) is 6.33 Å². The van der Waals surface area contributed by atoms with Crippen molar-refractivity contribution in [1.29, 1.82) is 0 Å². The molecule has 9 nitrogen and oxygen atoms in total. The Bertz CT molecular complexity index is 525. The highest BCUT2D eigenvalue weighted by Crippen LogP contribution is 2.29. The van der Waals surface area contributed by atoms with Gasteiger partial charge in [-0.25, -0.2) is 15.4 Å². The fourth-order valence-electron chi connectivity index (χ4n) is 2.04. The van der Waals surface area contributed by atoms with Crippen molar-refractivity contribution in [2.45, 2.75) is 45.3 Å². The molecule has 1 aliphatic heterocycles. The highest BCUT2D eigenvalue weighted by atomic mass is 16.6. The predicted molar refractivity (Wildman–Crippen MR) is 82.7 cm³/mol. The average Bonchev–Trinajstić information content (AvgIpc) is 2.95. The Labute approximate surface area is 129 Å². The van der Waals surface area contributed by atoms with E-state index in [0.29, 0.717) is 6.54 Å². The van der Waals surface area contributed by atoms with E-state index >= 15 is 0 Å². The molecule has 1 aliphatic rings. The third-order valence-electron chi connectivity index (χ3n) is 3.08. The molecular formula is C13H22N6O3. The Hall–Kier alpha value is -2.00. The van der Waals surface area contributed by atoms with Gasteiger partial charge in [0.25, 0.3) is 0 Å². The highest BCUT2D eigenvalue weighted by Gasteiger charge is 2.25. The van der Waals surface area contributed by atoms with E-state index in [0.717, 1.165) is 19.4 Å². The van der Waals surface area contributed by atoms with Gasteiger partial charge in [-0.2, -0.15) is 0 Å². The maximum Gasteiger partial charge on any atom is 0.354 e. The van der Waals surface area contributed by atoms with Crippen LogP contribution in [0, 0.1) is 10.1 Å². The van der Waals surface area contributed by atoms with Crippen LogP contribution in [-0.2, 0) is 4.74 Å². The second-order valence-corrected chi connectivity index (χ2v) is 6.19. The molecule has 122 valence electrons. The number of anilines is 2. The summed E-state index contributed by atoms with van der Waals surface area (Å²) in [6.45, 7) is 7.03. The fraction of sp³-hybridized carbons (Fsp3) is 0.692. The minimum Gasteiger partial charge on any atom is -0.376 e. The summed E-state index contributed by atoms with van der Waals surface area (Å²) in [5.74, 6) is 0.318. The molecule has 1 fully saturated rings. The standard InChI is InChI=1S/C13H22N6O3/c1-13(2,3)18-17-12-10(19(20)21)11(15-8-16-12)14-7-9-5-4-6-22-9/h8-9,18H,4-7H2,1-3H3,(H2,14,15,16,17). The van der Waals surface area contributed by atoms with Crippen molar-refractivity contribution in [1.82, 2.24) is 15.4 Å². The summed E-state index contributed by atoms with van der Waals surface area (Å²) < 4.78 is 5.49. The van der Waals surface area contributed by atoms with Crippen LogP contribution in [0.1, 0.15) is 33.6 Å². The summed E-state index contributed by atoms with van der Waals surface area (Å²) in [5, 5.41) is 14.3. The van der Waals surface area contributed by atoms with Crippen LogP contribution in [0.3, 0.4) is 0 Å². The number of nitro groups is 1. The summed E-state index contributed by atoms with van der Waals surface area (Å²) >= 11 is 0. The fourth-order valence-corrected chi connectivity index (χ4v) is 2.04. The summed E-state index contributed by atoms with van der Waals surface area (Å²) in [7, 11) is 0. The molecule has 1 saturated heterocycles. The largest absolute Gasteiger partial charge is 0.376 e. The molecule has 1 aromatic heterocycles. The zero-order valence-electron chi connectivity index (χ0n) is 13.0. The molecule has 1 atom stereocenters. The predicted octanol–water partition coefficient (Wildman–Crippen LogP) is 1.69. The lowest BCUT2D eigenvalue weighted by Crippen LogP contribution is -2.40. The lowest BCUT2D eigenvalue weighted by molar-refractivity contribution is -0.383. The minimum absolute atomic E-state index is 0.0682. The Kier molecular flexibility index (Phi) is 5.09. The smallest absolute Gasteiger partial charge is 0.354 e. The Balaban J connectivity index is 2.12. The van der Waals surface area contributed by atoms with E-state index in [1.165, 1.54) is 6.33 Å². The van der Waals surface area contributed by atoms with E-state index < -0.39 is 4.92 Å². The molecule has 0 amide bonds. The lowest BCUT2D eigenvalue weighted by atomic mass is 10.1. The first-order chi connectivity index (χ1) is 10.4. The number of hydrogen-bond acceptors (Lipinski definition) is 8. The second kappa shape index (κ2) is 6.84. The number of rotatable bonds is 6. The SMILES string of the molecule is CC(C)(C)NNc1ncnc(NCC2CCCO2)c1[N+](=O)[O-]. The Morgan fingerprint density at radius 2 is 2.14 bits per heavy atom. The molecule has 0 spiro atoms. The molecule has 0 bridgehead atoms. The monoisotopic (exact) mass is 310 g/mol. The van der Waals surface area contributed by atoms with Crippen molar-refractivity contribution in [3.63, 3.8) is 0 Å².